The SMILES string of the molecule is CN(C)CC[C@H](CSc1ccccc1)Nc1ccc(S(=O)(=O)NC(=O)c2ccc(NCCNCC3=C(c4ccc(Cl)cc4)CCCCC3)cc2)cc1S(=O)(=O)C(F)(F)F. The summed E-state index contributed by atoms with van der Waals surface area (Å²) in [5.41, 5.74) is -1.54. The van der Waals surface area contributed by atoms with Crippen molar-refractivity contribution < 1.29 is 34.8 Å². The van der Waals surface area contributed by atoms with Gasteiger partial charge in [0.15, 0.2) is 0 Å². The summed E-state index contributed by atoms with van der Waals surface area (Å²) in [5, 5.41) is 10.4. The van der Waals surface area contributed by atoms with Gasteiger partial charge in [-0.25, -0.2) is 21.6 Å². The molecule has 4 aromatic rings. The number of benzene rings is 4. The number of sulfonamides is 1. The second-order valence-corrected chi connectivity index (χ2v) is 19.6. The first-order valence-corrected chi connectivity index (χ1v) is 23.5. The van der Waals surface area contributed by atoms with Crippen molar-refractivity contribution in [2.24, 2.45) is 0 Å². The first kappa shape index (κ1) is 46.0. The lowest BCUT2D eigenvalue weighted by Crippen LogP contribution is -2.32. The van der Waals surface area contributed by atoms with Crippen molar-refractivity contribution in [1.29, 1.82) is 0 Å². The first-order chi connectivity index (χ1) is 28.0. The number of anilines is 2. The van der Waals surface area contributed by atoms with Crippen molar-refractivity contribution in [2.75, 3.05) is 56.7 Å². The van der Waals surface area contributed by atoms with Crippen LogP contribution in [0.5, 0.6) is 0 Å². The molecule has 5 rings (SSSR count). The van der Waals surface area contributed by atoms with E-state index in [2.05, 4.69) is 28.1 Å². The van der Waals surface area contributed by atoms with E-state index in [4.69, 9.17) is 11.6 Å². The summed E-state index contributed by atoms with van der Waals surface area (Å²) < 4.78 is 96.2. The molecule has 1 aliphatic rings. The average molecular weight is 893 g/mol. The number of carbonyl (C=O) groups excluding carboxylic acids is 1. The van der Waals surface area contributed by atoms with Gasteiger partial charge in [0.2, 0.25) is 0 Å². The maximum atomic E-state index is 14.0. The highest BCUT2D eigenvalue weighted by Gasteiger charge is 2.48. The molecule has 0 saturated heterocycles. The molecule has 10 nitrogen and oxygen atoms in total. The summed E-state index contributed by atoms with van der Waals surface area (Å²) in [5.74, 6) is -0.675. The molecule has 0 fully saturated rings. The second-order valence-electron chi connectivity index (χ2n) is 14.4. The van der Waals surface area contributed by atoms with E-state index in [-0.39, 0.29) is 5.56 Å². The van der Waals surface area contributed by atoms with E-state index in [1.807, 2.05) is 66.2 Å². The smallest absolute Gasteiger partial charge is 0.384 e. The van der Waals surface area contributed by atoms with Crippen LogP contribution in [0, 0.1) is 0 Å². The molecule has 59 heavy (non-hydrogen) atoms. The third-order valence-corrected chi connectivity index (χ3v) is 14.0. The van der Waals surface area contributed by atoms with Crippen LogP contribution in [-0.2, 0) is 19.9 Å². The Bertz CT molecular complexity index is 2280. The third-order valence-electron chi connectivity index (χ3n) is 9.70. The topological polar surface area (TPSA) is 137 Å². The van der Waals surface area contributed by atoms with Gasteiger partial charge < -0.3 is 20.9 Å². The zero-order valence-electron chi connectivity index (χ0n) is 32.8. The minimum absolute atomic E-state index is 0.0339. The molecule has 0 aromatic heterocycles. The molecule has 1 atom stereocenters. The van der Waals surface area contributed by atoms with Gasteiger partial charge in [0.25, 0.3) is 25.8 Å². The van der Waals surface area contributed by atoms with Crippen LogP contribution in [0.4, 0.5) is 24.5 Å². The number of hydrogen-bond acceptors (Lipinski definition) is 10. The van der Waals surface area contributed by atoms with E-state index in [1.54, 1.807) is 12.1 Å². The van der Waals surface area contributed by atoms with E-state index in [0.717, 1.165) is 49.3 Å². The molecular weight excluding hydrogens is 843 g/mol. The number of carbonyl (C=O) groups is 1. The maximum absolute atomic E-state index is 14.0. The van der Waals surface area contributed by atoms with Gasteiger partial charge in [0.05, 0.1) is 10.6 Å². The number of amides is 1. The number of allylic oxidation sites excluding steroid dienone is 1. The van der Waals surface area contributed by atoms with Crippen LogP contribution in [0.2, 0.25) is 5.02 Å². The average Bonchev–Trinajstić information content (AvgIpc) is 3.44. The molecule has 4 N–H and O–H groups in total. The Morgan fingerprint density at radius 1 is 0.864 bits per heavy atom. The van der Waals surface area contributed by atoms with Gasteiger partial charge in [-0.3, -0.25) is 4.79 Å². The molecule has 0 saturated carbocycles. The summed E-state index contributed by atoms with van der Waals surface area (Å²) in [6, 6.07) is 25.2. The van der Waals surface area contributed by atoms with Crippen LogP contribution < -0.4 is 20.7 Å². The Morgan fingerprint density at radius 2 is 1.56 bits per heavy atom. The molecule has 4 aromatic carbocycles. The lowest BCUT2D eigenvalue weighted by atomic mass is 9.96. The fraction of sp³-hybridized carbons (Fsp3) is 0.357. The van der Waals surface area contributed by atoms with Crippen LogP contribution in [0.15, 0.2) is 117 Å². The number of thioether (sulfide) groups is 1. The van der Waals surface area contributed by atoms with Gasteiger partial charge in [0.1, 0.15) is 4.90 Å². The van der Waals surface area contributed by atoms with Gasteiger partial charge in [-0.15, -0.1) is 11.8 Å². The number of halogens is 4. The van der Waals surface area contributed by atoms with Crippen LogP contribution in [-0.4, -0.2) is 85.2 Å². The van der Waals surface area contributed by atoms with Crippen molar-refractivity contribution in [3.05, 3.63) is 119 Å². The molecule has 0 aliphatic heterocycles. The summed E-state index contributed by atoms with van der Waals surface area (Å²) in [4.78, 5) is 13.8. The van der Waals surface area contributed by atoms with E-state index in [9.17, 15) is 34.8 Å². The Hall–Kier alpha value is -4.06. The quantitative estimate of drug-likeness (QED) is 0.0535. The lowest BCUT2D eigenvalue weighted by Gasteiger charge is -2.24. The molecule has 0 spiro atoms. The predicted molar refractivity (Wildman–Crippen MR) is 231 cm³/mol. The fourth-order valence-corrected chi connectivity index (χ4v) is 9.68. The largest absolute Gasteiger partial charge is 0.501 e. The fourth-order valence-electron chi connectivity index (χ4n) is 6.53. The van der Waals surface area contributed by atoms with Crippen LogP contribution >= 0.6 is 23.4 Å². The number of rotatable bonds is 19. The molecule has 0 unspecified atom stereocenters. The zero-order valence-corrected chi connectivity index (χ0v) is 36.0. The van der Waals surface area contributed by atoms with Gasteiger partial charge in [0, 0.05) is 52.6 Å². The van der Waals surface area contributed by atoms with Crippen molar-refractivity contribution in [3.8, 4) is 0 Å². The molecule has 1 amide bonds. The van der Waals surface area contributed by atoms with Crippen molar-refractivity contribution in [1.82, 2.24) is 14.9 Å². The second kappa shape index (κ2) is 21.0. The summed E-state index contributed by atoms with van der Waals surface area (Å²) in [6.07, 6.45) is 5.97. The molecule has 17 heteroatoms. The van der Waals surface area contributed by atoms with Gasteiger partial charge in [-0.1, -0.05) is 53.9 Å². The van der Waals surface area contributed by atoms with Crippen LogP contribution in [0.1, 0.15) is 54.4 Å². The molecule has 318 valence electrons. The Morgan fingerprint density at radius 3 is 2.24 bits per heavy atom. The number of hydrogen-bond donors (Lipinski definition) is 4. The van der Waals surface area contributed by atoms with Crippen LogP contribution in [0.3, 0.4) is 0 Å². The molecule has 0 heterocycles. The predicted octanol–water partition coefficient (Wildman–Crippen LogP) is 8.70. The Labute approximate surface area is 354 Å². The standard InChI is InChI=1S/C42H49ClF3N5O5S3/c1-51(2)26-23-35(29-57-36-10-6-4-7-11-36)49-39-22-21-37(27-40(39)58(53,54)42(44,45)46)59(55,56)50-41(52)31-15-19-34(20-16-31)48-25-24-47-28-32-9-5-3-8-12-38(32)30-13-17-33(43)18-14-30/h4,6-7,10-11,13-22,27,35,47-49H,3,5,8-9,12,23-26,28-29H2,1-2H3,(H,50,52)/t35-/m1/s1. The Kier molecular flexibility index (Phi) is 16.3. The highest BCUT2D eigenvalue weighted by atomic mass is 35.5. The van der Waals surface area contributed by atoms with Gasteiger partial charge in [-0.2, -0.15) is 13.2 Å². The minimum atomic E-state index is -6.03. The number of sulfone groups is 1. The number of nitrogens with one attached hydrogen (secondary N) is 4. The summed E-state index contributed by atoms with van der Waals surface area (Å²) in [7, 11) is -7.19. The van der Waals surface area contributed by atoms with Crippen molar-refractivity contribution >= 4 is 66.1 Å². The highest BCUT2D eigenvalue weighted by Crippen LogP contribution is 2.37. The third kappa shape index (κ3) is 13.2. The molecule has 1 aliphatic carbocycles. The zero-order chi connectivity index (χ0) is 42.6. The molecular formula is C42H49ClF3N5O5S3. The monoisotopic (exact) mass is 891 g/mol. The van der Waals surface area contributed by atoms with Gasteiger partial charge in [-0.05, 0) is 131 Å². The number of alkyl halides is 3. The van der Waals surface area contributed by atoms with Crippen molar-refractivity contribution in [3.63, 3.8) is 0 Å². The highest BCUT2D eigenvalue weighted by molar-refractivity contribution is 7.99. The summed E-state index contributed by atoms with van der Waals surface area (Å²) in [6.45, 7) is 2.51. The first-order valence-electron chi connectivity index (χ1n) is 19.2. The summed E-state index contributed by atoms with van der Waals surface area (Å²) >= 11 is 7.54. The minimum Gasteiger partial charge on any atom is -0.384 e. The van der Waals surface area contributed by atoms with E-state index in [1.165, 1.54) is 47.0 Å². The molecule has 0 bridgehead atoms. The Balaban J connectivity index is 1.23. The lowest BCUT2D eigenvalue weighted by molar-refractivity contribution is -0.0435. The van der Waals surface area contributed by atoms with Gasteiger partial charge >= 0.3 is 5.51 Å². The van der Waals surface area contributed by atoms with E-state index >= 15 is 0 Å². The van der Waals surface area contributed by atoms with E-state index < -0.39 is 52.8 Å². The van der Waals surface area contributed by atoms with E-state index in [0.29, 0.717) is 48.6 Å². The van der Waals surface area contributed by atoms with Crippen molar-refractivity contribution in [2.45, 2.75) is 64.8 Å². The molecule has 0 radical (unpaired) electrons. The normalized spacial score (nSPS) is 14.5. The number of nitrogens with zero attached hydrogens (tertiary/aromatic N) is 1. The maximum Gasteiger partial charge on any atom is 0.501 e. The van der Waals surface area contributed by atoms with Crippen LogP contribution in [0.25, 0.3) is 5.57 Å².